The van der Waals surface area contributed by atoms with Gasteiger partial charge in [-0.05, 0) is 29.2 Å². The summed E-state index contributed by atoms with van der Waals surface area (Å²) < 4.78 is 7.39. The molecule has 4 nitrogen and oxygen atoms in total. The fourth-order valence-electron chi connectivity index (χ4n) is 2.98. The Morgan fingerprint density at radius 2 is 1.84 bits per heavy atom. The zero-order valence-electron chi connectivity index (χ0n) is 15.4. The van der Waals surface area contributed by atoms with Gasteiger partial charge in [0.05, 0.1) is 18.4 Å². The first-order valence-electron chi connectivity index (χ1n) is 8.35. The van der Waals surface area contributed by atoms with Crippen molar-refractivity contribution in [3.63, 3.8) is 0 Å². The van der Waals surface area contributed by atoms with Gasteiger partial charge >= 0.3 is 0 Å². The average molecular weight is 336 g/mol. The van der Waals surface area contributed by atoms with E-state index < -0.39 is 0 Å². The lowest BCUT2D eigenvalue weighted by molar-refractivity contribution is 0.102. The number of rotatable bonds is 3. The number of fused-ring (bicyclic) bond motifs is 1. The van der Waals surface area contributed by atoms with Crippen molar-refractivity contribution in [2.45, 2.75) is 26.2 Å². The number of carbonyl (C=O) groups excluding carboxylic acids is 1. The van der Waals surface area contributed by atoms with Gasteiger partial charge in [-0.2, -0.15) is 0 Å². The molecule has 1 heterocycles. The first-order chi connectivity index (χ1) is 11.8. The van der Waals surface area contributed by atoms with E-state index in [1.165, 1.54) is 0 Å². The number of aromatic nitrogens is 1. The molecule has 1 N–H and O–H groups in total. The van der Waals surface area contributed by atoms with Crippen molar-refractivity contribution >= 4 is 22.5 Å². The van der Waals surface area contributed by atoms with Gasteiger partial charge in [0.25, 0.3) is 5.91 Å². The molecule has 1 aromatic heterocycles. The van der Waals surface area contributed by atoms with Crippen LogP contribution in [0, 0.1) is 0 Å². The van der Waals surface area contributed by atoms with E-state index in [1.807, 2.05) is 60.3 Å². The van der Waals surface area contributed by atoms with Crippen molar-refractivity contribution in [1.29, 1.82) is 0 Å². The molecule has 0 saturated carbocycles. The van der Waals surface area contributed by atoms with E-state index in [-0.39, 0.29) is 11.3 Å². The SMILES string of the molecule is COc1ccc(C(C)(C)C)cc1NC(=O)c1cn(C)c2ccccc12. The lowest BCUT2D eigenvalue weighted by atomic mass is 9.87. The predicted octanol–water partition coefficient (Wildman–Crippen LogP) is 4.74. The maximum absolute atomic E-state index is 12.9. The lowest BCUT2D eigenvalue weighted by Gasteiger charge is -2.21. The third kappa shape index (κ3) is 3.25. The topological polar surface area (TPSA) is 43.3 Å². The van der Waals surface area contributed by atoms with Crippen LogP contribution in [0.25, 0.3) is 10.9 Å². The van der Waals surface area contributed by atoms with Crippen LogP contribution in [-0.2, 0) is 12.5 Å². The van der Waals surface area contributed by atoms with E-state index >= 15 is 0 Å². The molecule has 0 spiro atoms. The number of hydrogen-bond acceptors (Lipinski definition) is 2. The van der Waals surface area contributed by atoms with Gasteiger partial charge in [0.1, 0.15) is 5.75 Å². The Balaban J connectivity index is 2.00. The number of carbonyl (C=O) groups is 1. The number of aryl methyl sites for hydroxylation is 1. The van der Waals surface area contributed by atoms with Crippen molar-refractivity contribution in [3.8, 4) is 5.75 Å². The predicted molar refractivity (Wildman–Crippen MR) is 103 cm³/mol. The molecule has 3 rings (SSSR count). The highest BCUT2D eigenvalue weighted by Gasteiger charge is 2.19. The third-order valence-corrected chi connectivity index (χ3v) is 4.46. The van der Waals surface area contributed by atoms with E-state index in [4.69, 9.17) is 4.74 Å². The van der Waals surface area contributed by atoms with Gasteiger partial charge in [-0.3, -0.25) is 4.79 Å². The Hall–Kier alpha value is -2.75. The van der Waals surface area contributed by atoms with E-state index in [0.29, 0.717) is 17.0 Å². The number of methoxy groups -OCH3 is 1. The van der Waals surface area contributed by atoms with Crippen LogP contribution in [0.4, 0.5) is 5.69 Å². The minimum atomic E-state index is -0.138. The molecule has 0 aliphatic heterocycles. The first kappa shape index (κ1) is 17.1. The van der Waals surface area contributed by atoms with E-state index in [1.54, 1.807) is 7.11 Å². The van der Waals surface area contributed by atoms with Crippen LogP contribution in [0.3, 0.4) is 0 Å². The number of para-hydroxylation sites is 1. The monoisotopic (exact) mass is 336 g/mol. The smallest absolute Gasteiger partial charge is 0.257 e. The van der Waals surface area contributed by atoms with Gasteiger partial charge in [0.2, 0.25) is 0 Å². The second-order valence-electron chi connectivity index (χ2n) is 7.29. The van der Waals surface area contributed by atoms with Gasteiger partial charge in [-0.25, -0.2) is 0 Å². The number of benzene rings is 2. The van der Waals surface area contributed by atoms with E-state index in [2.05, 4.69) is 26.1 Å². The minimum Gasteiger partial charge on any atom is -0.495 e. The van der Waals surface area contributed by atoms with Crippen molar-refractivity contribution in [2.24, 2.45) is 7.05 Å². The summed E-state index contributed by atoms with van der Waals surface area (Å²) in [6, 6.07) is 13.8. The zero-order chi connectivity index (χ0) is 18.2. The number of amides is 1. The van der Waals surface area contributed by atoms with Gasteiger partial charge in [0.15, 0.2) is 0 Å². The molecular formula is C21H24N2O2. The highest BCUT2D eigenvalue weighted by molar-refractivity contribution is 6.13. The van der Waals surface area contributed by atoms with Crippen molar-refractivity contribution in [2.75, 3.05) is 12.4 Å². The number of hydrogen-bond donors (Lipinski definition) is 1. The van der Waals surface area contributed by atoms with Gasteiger partial charge < -0.3 is 14.6 Å². The van der Waals surface area contributed by atoms with Gasteiger partial charge in [-0.1, -0.05) is 45.0 Å². The molecule has 1 amide bonds. The van der Waals surface area contributed by atoms with Crippen molar-refractivity contribution in [1.82, 2.24) is 4.57 Å². The second kappa shape index (κ2) is 6.28. The van der Waals surface area contributed by atoms with Crippen LogP contribution in [0.2, 0.25) is 0 Å². The molecule has 4 heteroatoms. The van der Waals surface area contributed by atoms with Gasteiger partial charge in [0, 0.05) is 24.1 Å². The minimum absolute atomic E-state index is 0.00874. The third-order valence-electron chi connectivity index (χ3n) is 4.46. The van der Waals surface area contributed by atoms with Crippen LogP contribution in [0.5, 0.6) is 5.75 Å². The highest BCUT2D eigenvalue weighted by Crippen LogP contribution is 2.32. The Morgan fingerprint density at radius 3 is 2.52 bits per heavy atom. The summed E-state index contributed by atoms with van der Waals surface area (Å²) in [5, 5.41) is 3.96. The average Bonchev–Trinajstić information content (AvgIpc) is 2.91. The lowest BCUT2D eigenvalue weighted by Crippen LogP contribution is -2.15. The number of anilines is 1. The van der Waals surface area contributed by atoms with E-state index in [9.17, 15) is 4.79 Å². The standard InChI is InChI=1S/C21H24N2O2/c1-21(2,3)14-10-11-19(25-5)17(12-14)22-20(24)16-13-23(4)18-9-7-6-8-15(16)18/h6-13H,1-5H3,(H,22,24). The molecular weight excluding hydrogens is 312 g/mol. The Bertz CT molecular complexity index is 933. The largest absolute Gasteiger partial charge is 0.495 e. The molecule has 2 aromatic carbocycles. The number of nitrogens with zero attached hydrogens (tertiary/aromatic N) is 1. The van der Waals surface area contributed by atoms with Crippen LogP contribution in [0.15, 0.2) is 48.7 Å². The molecule has 0 aliphatic carbocycles. The Labute approximate surface area is 148 Å². The quantitative estimate of drug-likeness (QED) is 0.751. The van der Waals surface area contributed by atoms with Crippen LogP contribution < -0.4 is 10.1 Å². The Kier molecular flexibility index (Phi) is 4.29. The van der Waals surface area contributed by atoms with E-state index in [0.717, 1.165) is 16.5 Å². The molecule has 0 unspecified atom stereocenters. The molecule has 25 heavy (non-hydrogen) atoms. The van der Waals surface area contributed by atoms with Crippen LogP contribution in [-0.4, -0.2) is 17.6 Å². The molecule has 0 aliphatic rings. The molecule has 3 aromatic rings. The highest BCUT2D eigenvalue weighted by atomic mass is 16.5. The summed E-state index contributed by atoms with van der Waals surface area (Å²) in [5.41, 5.74) is 3.50. The van der Waals surface area contributed by atoms with Gasteiger partial charge in [-0.15, -0.1) is 0 Å². The molecule has 130 valence electrons. The second-order valence-corrected chi connectivity index (χ2v) is 7.29. The summed E-state index contributed by atoms with van der Waals surface area (Å²) in [5.74, 6) is 0.516. The zero-order valence-corrected chi connectivity index (χ0v) is 15.4. The summed E-state index contributed by atoms with van der Waals surface area (Å²) in [4.78, 5) is 12.9. The fourth-order valence-corrected chi connectivity index (χ4v) is 2.98. The normalized spacial score (nSPS) is 11.6. The maximum Gasteiger partial charge on any atom is 0.257 e. The molecule has 0 fully saturated rings. The summed E-state index contributed by atoms with van der Waals surface area (Å²) >= 11 is 0. The molecule has 0 bridgehead atoms. The Morgan fingerprint density at radius 1 is 1.12 bits per heavy atom. The summed E-state index contributed by atoms with van der Waals surface area (Å²) in [7, 11) is 3.56. The molecule has 0 saturated heterocycles. The number of nitrogens with one attached hydrogen (secondary N) is 1. The fraction of sp³-hybridized carbons (Fsp3) is 0.286. The summed E-state index contributed by atoms with van der Waals surface area (Å²) in [6.07, 6.45) is 1.86. The molecule has 0 atom stereocenters. The first-order valence-corrected chi connectivity index (χ1v) is 8.35. The van der Waals surface area contributed by atoms with Crippen LogP contribution in [0.1, 0.15) is 36.7 Å². The van der Waals surface area contributed by atoms with Crippen molar-refractivity contribution in [3.05, 3.63) is 59.8 Å². The molecule has 0 radical (unpaired) electrons. The summed E-state index contributed by atoms with van der Waals surface area (Å²) in [6.45, 7) is 6.43. The number of ether oxygens (including phenoxy) is 1. The van der Waals surface area contributed by atoms with Crippen LogP contribution >= 0.6 is 0 Å². The van der Waals surface area contributed by atoms with Crippen molar-refractivity contribution < 1.29 is 9.53 Å². The maximum atomic E-state index is 12.9.